The lowest BCUT2D eigenvalue weighted by Gasteiger charge is -2.13. The first-order chi connectivity index (χ1) is 10.7. The van der Waals surface area contributed by atoms with Crippen LogP contribution in [-0.4, -0.2) is 21.8 Å². The number of nitrogens with zero attached hydrogens (tertiary/aromatic N) is 2. The van der Waals surface area contributed by atoms with Crippen molar-refractivity contribution in [2.75, 3.05) is 7.11 Å². The second-order valence-corrected chi connectivity index (χ2v) is 5.01. The zero-order valence-electron chi connectivity index (χ0n) is 12.1. The van der Waals surface area contributed by atoms with Gasteiger partial charge in [-0.2, -0.15) is 0 Å². The molecule has 0 bridgehead atoms. The molecule has 5 heteroatoms. The summed E-state index contributed by atoms with van der Waals surface area (Å²) in [4.78, 5) is 16.8. The zero-order valence-corrected chi connectivity index (χ0v) is 12.1. The van der Waals surface area contributed by atoms with Crippen LogP contribution < -0.4 is 10.3 Å². The number of fused-ring (bicyclic) bond motifs is 1. The summed E-state index contributed by atoms with van der Waals surface area (Å²) in [6.45, 7) is 0.156. The van der Waals surface area contributed by atoms with E-state index in [0.29, 0.717) is 16.7 Å². The Morgan fingerprint density at radius 1 is 1.23 bits per heavy atom. The smallest absolute Gasteiger partial charge is 0.261 e. The quantitative estimate of drug-likeness (QED) is 0.801. The van der Waals surface area contributed by atoms with E-state index in [1.165, 1.54) is 10.9 Å². The highest BCUT2D eigenvalue weighted by molar-refractivity contribution is 5.78. The van der Waals surface area contributed by atoms with Crippen molar-refractivity contribution in [3.63, 3.8) is 0 Å². The van der Waals surface area contributed by atoms with Gasteiger partial charge in [-0.1, -0.05) is 30.3 Å². The molecule has 1 N–H and O–H groups in total. The minimum atomic E-state index is -0.760. The number of rotatable bonds is 4. The van der Waals surface area contributed by atoms with Crippen LogP contribution in [0.2, 0.25) is 0 Å². The van der Waals surface area contributed by atoms with Crippen LogP contribution in [0.1, 0.15) is 11.7 Å². The summed E-state index contributed by atoms with van der Waals surface area (Å²) in [5.74, 6) is 0.604. The van der Waals surface area contributed by atoms with Crippen LogP contribution in [-0.2, 0) is 6.54 Å². The molecule has 2 aromatic carbocycles. The van der Waals surface area contributed by atoms with Crippen LogP contribution in [0.5, 0.6) is 5.75 Å². The molecule has 0 aliphatic carbocycles. The Morgan fingerprint density at radius 3 is 2.73 bits per heavy atom. The van der Waals surface area contributed by atoms with E-state index in [4.69, 9.17) is 4.74 Å². The molecule has 0 amide bonds. The number of aliphatic hydroxyl groups excluding tert-OH is 1. The van der Waals surface area contributed by atoms with E-state index in [0.717, 1.165) is 5.56 Å². The van der Waals surface area contributed by atoms with Crippen molar-refractivity contribution in [3.05, 3.63) is 70.8 Å². The molecule has 0 fully saturated rings. The molecule has 1 atom stereocenters. The normalized spacial score (nSPS) is 12.3. The molecule has 0 unspecified atom stereocenters. The summed E-state index contributed by atoms with van der Waals surface area (Å²) in [5, 5.41) is 10.7. The molecule has 0 saturated carbocycles. The van der Waals surface area contributed by atoms with Gasteiger partial charge in [-0.25, -0.2) is 4.98 Å². The van der Waals surface area contributed by atoms with Crippen molar-refractivity contribution >= 4 is 10.9 Å². The zero-order chi connectivity index (χ0) is 15.5. The Labute approximate surface area is 127 Å². The first-order valence-electron chi connectivity index (χ1n) is 6.95. The van der Waals surface area contributed by atoms with Crippen LogP contribution in [0.4, 0.5) is 0 Å². The van der Waals surface area contributed by atoms with E-state index in [1.54, 1.807) is 25.3 Å². The van der Waals surface area contributed by atoms with Crippen molar-refractivity contribution in [1.82, 2.24) is 9.55 Å². The highest BCUT2D eigenvalue weighted by atomic mass is 16.5. The van der Waals surface area contributed by atoms with Crippen LogP contribution in [0.15, 0.2) is 59.7 Å². The van der Waals surface area contributed by atoms with Crippen molar-refractivity contribution in [3.8, 4) is 5.75 Å². The van der Waals surface area contributed by atoms with Crippen molar-refractivity contribution in [2.45, 2.75) is 12.6 Å². The second kappa shape index (κ2) is 5.99. The highest BCUT2D eigenvalue weighted by Crippen LogP contribution is 2.17. The lowest BCUT2D eigenvalue weighted by molar-refractivity contribution is 0.155. The summed E-state index contributed by atoms with van der Waals surface area (Å²) in [7, 11) is 1.55. The predicted octanol–water partition coefficient (Wildman–Crippen LogP) is 2.14. The van der Waals surface area contributed by atoms with Gasteiger partial charge in [0, 0.05) is 0 Å². The Bertz CT molecular complexity index is 843. The van der Waals surface area contributed by atoms with Gasteiger partial charge in [-0.3, -0.25) is 9.36 Å². The number of ether oxygens (including phenoxy) is 1. The fourth-order valence-electron chi connectivity index (χ4n) is 2.36. The van der Waals surface area contributed by atoms with E-state index in [1.807, 2.05) is 30.3 Å². The summed E-state index contributed by atoms with van der Waals surface area (Å²) in [5.41, 5.74) is 1.18. The van der Waals surface area contributed by atoms with Crippen molar-refractivity contribution in [1.29, 1.82) is 0 Å². The maximum Gasteiger partial charge on any atom is 0.261 e. The third-order valence-electron chi connectivity index (χ3n) is 3.59. The van der Waals surface area contributed by atoms with Crippen LogP contribution in [0.25, 0.3) is 10.9 Å². The van der Waals surface area contributed by atoms with Crippen molar-refractivity contribution in [2.24, 2.45) is 0 Å². The number of benzene rings is 2. The topological polar surface area (TPSA) is 64.3 Å². The molecule has 0 aliphatic rings. The van der Waals surface area contributed by atoms with Crippen molar-refractivity contribution < 1.29 is 9.84 Å². The summed E-state index contributed by atoms with van der Waals surface area (Å²) >= 11 is 0. The van der Waals surface area contributed by atoms with Gasteiger partial charge in [0.1, 0.15) is 5.75 Å². The maximum atomic E-state index is 12.5. The number of aliphatic hydroxyl groups is 1. The Balaban J connectivity index is 1.97. The average Bonchev–Trinajstić information content (AvgIpc) is 2.58. The molecule has 0 spiro atoms. The van der Waals surface area contributed by atoms with E-state index in [9.17, 15) is 9.90 Å². The monoisotopic (exact) mass is 296 g/mol. The third-order valence-corrected chi connectivity index (χ3v) is 3.59. The first kappa shape index (κ1) is 14.3. The first-order valence-corrected chi connectivity index (χ1v) is 6.95. The molecule has 0 radical (unpaired) electrons. The van der Waals surface area contributed by atoms with Gasteiger partial charge >= 0.3 is 0 Å². The molecule has 5 nitrogen and oxygen atoms in total. The van der Waals surface area contributed by atoms with Crippen LogP contribution >= 0.6 is 0 Å². The van der Waals surface area contributed by atoms with Gasteiger partial charge in [0.05, 0.1) is 37.0 Å². The van der Waals surface area contributed by atoms with Gasteiger partial charge in [0.15, 0.2) is 0 Å². The van der Waals surface area contributed by atoms with Crippen LogP contribution in [0.3, 0.4) is 0 Å². The summed E-state index contributed by atoms with van der Waals surface area (Å²) < 4.78 is 6.56. The lowest BCUT2D eigenvalue weighted by Crippen LogP contribution is -2.23. The molecule has 1 heterocycles. The fourth-order valence-corrected chi connectivity index (χ4v) is 2.36. The van der Waals surface area contributed by atoms with Gasteiger partial charge in [-0.05, 0) is 23.8 Å². The predicted molar refractivity (Wildman–Crippen MR) is 84.0 cm³/mol. The molecular formula is C17H16N2O3. The van der Waals surface area contributed by atoms with E-state index in [2.05, 4.69) is 4.98 Å². The number of hydrogen-bond acceptors (Lipinski definition) is 4. The third kappa shape index (κ3) is 2.71. The minimum absolute atomic E-state index is 0.156. The van der Waals surface area contributed by atoms with Gasteiger partial charge in [0.2, 0.25) is 0 Å². The van der Waals surface area contributed by atoms with Gasteiger partial charge < -0.3 is 9.84 Å². The molecule has 1 aromatic heterocycles. The fraction of sp³-hybridized carbons (Fsp3) is 0.176. The maximum absolute atomic E-state index is 12.5. The SMILES string of the molecule is COc1ccc2ncn(C[C@@H](O)c3ccccc3)c(=O)c2c1. The Morgan fingerprint density at radius 2 is 2.00 bits per heavy atom. The lowest BCUT2D eigenvalue weighted by atomic mass is 10.1. The van der Waals surface area contributed by atoms with E-state index < -0.39 is 6.10 Å². The second-order valence-electron chi connectivity index (χ2n) is 5.01. The molecule has 3 rings (SSSR count). The van der Waals surface area contributed by atoms with E-state index in [-0.39, 0.29) is 12.1 Å². The Hall–Kier alpha value is -2.66. The summed E-state index contributed by atoms with van der Waals surface area (Å²) in [6, 6.07) is 14.4. The average molecular weight is 296 g/mol. The molecule has 0 aliphatic heterocycles. The van der Waals surface area contributed by atoms with Crippen LogP contribution in [0, 0.1) is 0 Å². The van der Waals surface area contributed by atoms with Gasteiger partial charge in [0.25, 0.3) is 5.56 Å². The molecule has 112 valence electrons. The molecular weight excluding hydrogens is 280 g/mol. The standard InChI is InChI=1S/C17H16N2O3/c1-22-13-7-8-15-14(9-13)17(21)19(11-18-15)10-16(20)12-5-3-2-4-6-12/h2-9,11,16,20H,10H2,1H3/t16-/m1/s1. The highest BCUT2D eigenvalue weighted by Gasteiger charge is 2.11. The number of aromatic nitrogens is 2. The number of methoxy groups -OCH3 is 1. The molecule has 22 heavy (non-hydrogen) atoms. The van der Waals surface area contributed by atoms with Gasteiger partial charge in [-0.15, -0.1) is 0 Å². The minimum Gasteiger partial charge on any atom is -0.497 e. The largest absolute Gasteiger partial charge is 0.497 e. The van der Waals surface area contributed by atoms with E-state index >= 15 is 0 Å². The molecule has 3 aromatic rings. The molecule has 0 saturated heterocycles. The number of hydrogen-bond donors (Lipinski definition) is 1. The Kier molecular flexibility index (Phi) is 3.89. The summed E-state index contributed by atoms with van der Waals surface area (Å²) in [6.07, 6.45) is 0.701.